The predicted molar refractivity (Wildman–Crippen MR) is 81.1 cm³/mol. The molecule has 2 saturated heterocycles. The van der Waals surface area contributed by atoms with Crippen molar-refractivity contribution in [1.29, 1.82) is 0 Å². The van der Waals surface area contributed by atoms with Crippen LogP contribution in [0.15, 0.2) is 35.4 Å². The van der Waals surface area contributed by atoms with E-state index in [2.05, 4.69) is 25.8 Å². The number of furan rings is 1. The lowest BCUT2D eigenvalue weighted by Crippen LogP contribution is -2.43. The molecule has 1 N–H and O–H groups in total. The minimum atomic E-state index is 0.428. The number of H-pyrrole nitrogens is 1. The second-order valence-electron chi connectivity index (χ2n) is 6.35. The zero-order valence-corrected chi connectivity index (χ0v) is 12.6. The molecule has 2 bridgehead atoms. The van der Waals surface area contributed by atoms with Gasteiger partial charge in [0.2, 0.25) is 0 Å². The summed E-state index contributed by atoms with van der Waals surface area (Å²) >= 11 is 0. The van der Waals surface area contributed by atoms with Crippen LogP contribution in [-0.2, 0) is 17.8 Å². The monoisotopic (exact) mass is 302 g/mol. The number of nitrogens with one attached hydrogen (secondary N) is 1. The maximum Gasteiger partial charge on any atom is 0.120 e. The van der Waals surface area contributed by atoms with Gasteiger partial charge in [0.25, 0.3) is 0 Å². The SMILES string of the molecule is c1c[nH]c(CN2C[C@@H]3COC[C@H](C2)N(Cc2ccoc2)C3)n1. The first-order chi connectivity index (χ1) is 10.9. The van der Waals surface area contributed by atoms with Crippen molar-refractivity contribution in [2.24, 2.45) is 5.92 Å². The molecule has 2 aliphatic rings. The maximum absolute atomic E-state index is 5.88. The Morgan fingerprint density at radius 3 is 3.05 bits per heavy atom. The van der Waals surface area contributed by atoms with Crippen molar-refractivity contribution in [3.8, 4) is 0 Å². The van der Waals surface area contributed by atoms with Gasteiger partial charge >= 0.3 is 0 Å². The number of nitrogens with zero attached hydrogens (tertiary/aromatic N) is 3. The fourth-order valence-corrected chi connectivity index (χ4v) is 3.56. The Labute approximate surface area is 130 Å². The van der Waals surface area contributed by atoms with Gasteiger partial charge in [-0.05, 0) is 6.07 Å². The fourth-order valence-electron chi connectivity index (χ4n) is 3.56. The number of imidazole rings is 1. The molecule has 118 valence electrons. The highest BCUT2D eigenvalue weighted by Gasteiger charge is 2.33. The number of aromatic amines is 1. The fraction of sp³-hybridized carbons (Fsp3) is 0.562. The molecule has 4 rings (SSSR count). The summed E-state index contributed by atoms with van der Waals surface area (Å²) in [5.74, 6) is 1.59. The van der Waals surface area contributed by atoms with E-state index in [-0.39, 0.29) is 0 Å². The van der Waals surface area contributed by atoms with E-state index < -0.39 is 0 Å². The minimum absolute atomic E-state index is 0.428. The Morgan fingerprint density at radius 1 is 1.23 bits per heavy atom. The van der Waals surface area contributed by atoms with Crippen molar-refractivity contribution >= 4 is 0 Å². The van der Waals surface area contributed by atoms with Crippen LogP contribution in [0.2, 0.25) is 0 Å². The Hall–Kier alpha value is -1.63. The maximum atomic E-state index is 5.88. The first kappa shape index (κ1) is 14.0. The molecule has 2 aromatic heterocycles. The van der Waals surface area contributed by atoms with E-state index in [0.29, 0.717) is 12.0 Å². The number of ether oxygens (including phenoxy) is 1. The summed E-state index contributed by atoms with van der Waals surface area (Å²) in [5.41, 5.74) is 1.24. The van der Waals surface area contributed by atoms with E-state index in [1.807, 2.05) is 18.7 Å². The van der Waals surface area contributed by atoms with E-state index in [4.69, 9.17) is 9.15 Å². The van der Waals surface area contributed by atoms with Crippen molar-refractivity contribution in [2.75, 3.05) is 32.8 Å². The molecule has 6 heteroatoms. The highest BCUT2D eigenvalue weighted by atomic mass is 16.5. The molecule has 0 amide bonds. The van der Waals surface area contributed by atoms with E-state index in [1.165, 1.54) is 5.56 Å². The average Bonchev–Trinajstić information content (AvgIpc) is 3.10. The van der Waals surface area contributed by atoms with Crippen molar-refractivity contribution in [2.45, 2.75) is 19.1 Å². The van der Waals surface area contributed by atoms with Gasteiger partial charge in [0, 0.05) is 56.1 Å². The van der Waals surface area contributed by atoms with Crippen LogP contribution in [0.3, 0.4) is 0 Å². The summed E-state index contributed by atoms with van der Waals surface area (Å²) in [6.45, 7) is 6.67. The zero-order valence-electron chi connectivity index (χ0n) is 12.6. The van der Waals surface area contributed by atoms with Gasteiger partial charge in [0.1, 0.15) is 5.82 Å². The van der Waals surface area contributed by atoms with Crippen LogP contribution in [0, 0.1) is 5.92 Å². The molecule has 0 aromatic carbocycles. The summed E-state index contributed by atoms with van der Waals surface area (Å²) < 4.78 is 11.1. The van der Waals surface area contributed by atoms with E-state index in [0.717, 1.165) is 51.8 Å². The molecule has 2 aromatic rings. The van der Waals surface area contributed by atoms with Gasteiger partial charge in [-0.1, -0.05) is 0 Å². The van der Waals surface area contributed by atoms with Crippen LogP contribution < -0.4 is 0 Å². The Kier molecular flexibility index (Phi) is 3.97. The lowest BCUT2D eigenvalue weighted by molar-refractivity contribution is 0.0463. The molecule has 4 heterocycles. The van der Waals surface area contributed by atoms with Crippen molar-refractivity contribution < 1.29 is 9.15 Å². The van der Waals surface area contributed by atoms with Gasteiger partial charge in [-0.3, -0.25) is 9.80 Å². The predicted octanol–water partition coefficient (Wildman–Crippen LogP) is 1.34. The topological polar surface area (TPSA) is 57.5 Å². The minimum Gasteiger partial charge on any atom is -0.472 e. The molecule has 6 nitrogen and oxygen atoms in total. The molecule has 0 unspecified atom stereocenters. The number of aromatic nitrogens is 2. The van der Waals surface area contributed by atoms with Crippen LogP contribution >= 0.6 is 0 Å². The van der Waals surface area contributed by atoms with Crippen molar-refractivity contribution in [3.63, 3.8) is 0 Å². The van der Waals surface area contributed by atoms with Crippen molar-refractivity contribution in [3.05, 3.63) is 42.4 Å². The highest BCUT2D eigenvalue weighted by molar-refractivity contribution is 5.06. The average molecular weight is 302 g/mol. The normalized spacial score (nSPS) is 26.9. The molecule has 0 radical (unpaired) electrons. The van der Waals surface area contributed by atoms with Crippen LogP contribution in [0.4, 0.5) is 0 Å². The Bertz CT molecular complexity index is 569. The number of hydrogen-bond acceptors (Lipinski definition) is 5. The second kappa shape index (κ2) is 6.24. The first-order valence-electron chi connectivity index (χ1n) is 7.90. The Balaban J connectivity index is 1.47. The number of hydrogen-bond donors (Lipinski definition) is 1. The molecule has 22 heavy (non-hydrogen) atoms. The summed E-state index contributed by atoms with van der Waals surface area (Å²) in [4.78, 5) is 12.6. The third-order valence-corrected chi connectivity index (χ3v) is 4.55. The summed E-state index contributed by atoms with van der Waals surface area (Å²) in [7, 11) is 0. The van der Waals surface area contributed by atoms with Gasteiger partial charge in [-0.25, -0.2) is 4.98 Å². The second-order valence-corrected chi connectivity index (χ2v) is 6.35. The largest absolute Gasteiger partial charge is 0.472 e. The van der Waals surface area contributed by atoms with E-state index in [9.17, 15) is 0 Å². The van der Waals surface area contributed by atoms with E-state index >= 15 is 0 Å². The number of rotatable bonds is 4. The van der Waals surface area contributed by atoms with Crippen LogP contribution in [0.25, 0.3) is 0 Å². The van der Waals surface area contributed by atoms with Crippen LogP contribution in [0.1, 0.15) is 11.4 Å². The zero-order chi connectivity index (χ0) is 14.8. The summed E-state index contributed by atoms with van der Waals surface area (Å²) in [5, 5.41) is 0. The molecular weight excluding hydrogens is 280 g/mol. The third-order valence-electron chi connectivity index (χ3n) is 4.55. The van der Waals surface area contributed by atoms with Gasteiger partial charge in [0.05, 0.1) is 32.3 Å². The molecule has 0 spiro atoms. The molecule has 0 aliphatic carbocycles. The molecule has 2 fully saturated rings. The van der Waals surface area contributed by atoms with Gasteiger partial charge in [-0.2, -0.15) is 0 Å². The summed E-state index contributed by atoms with van der Waals surface area (Å²) in [6, 6.07) is 2.48. The lowest BCUT2D eigenvalue weighted by Gasteiger charge is -2.30. The van der Waals surface area contributed by atoms with Crippen molar-refractivity contribution in [1.82, 2.24) is 19.8 Å². The molecule has 2 aliphatic heterocycles. The molecular formula is C16H22N4O2. The quantitative estimate of drug-likeness (QED) is 0.923. The third kappa shape index (κ3) is 3.09. The van der Waals surface area contributed by atoms with Crippen LogP contribution in [-0.4, -0.2) is 58.7 Å². The van der Waals surface area contributed by atoms with Gasteiger partial charge in [-0.15, -0.1) is 0 Å². The van der Waals surface area contributed by atoms with E-state index in [1.54, 1.807) is 6.26 Å². The lowest BCUT2D eigenvalue weighted by atomic mass is 10.1. The summed E-state index contributed by atoms with van der Waals surface area (Å²) in [6.07, 6.45) is 7.31. The van der Waals surface area contributed by atoms with Crippen LogP contribution in [0.5, 0.6) is 0 Å². The standard InChI is InChI=1S/C16H22N4O2/c1-4-21-10-13(1)6-20-7-14-5-19(8-15(20)12-22-11-14)9-16-17-2-3-18-16/h1-4,10,14-15H,5-9,11-12H2,(H,17,18)/t14-,15-/m0/s1. The Morgan fingerprint density at radius 2 is 2.23 bits per heavy atom. The smallest absolute Gasteiger partial charge is 0.120 e. The molecule has 0 saturated carbocycles. The highest BCUT2D eigenvalue weighted by Crippen LogP contribution is 2.22. The number of fused-ring (bicyclic) bond motifs is 3. The first-order valence-corrected chi connectivity index (χ1v) is 7.90. The van der Waals surface area contributed by atoms with Gasteiger partial charge in [0.15, 0.2) is 0 Å². The van der Waals surface area contributed by atoms with Gasteiger partial charge < -0.3 is 14.1 Å². The molecule has 2 atom stereocenters.